The molecule has 1 N–H and O–H groups in total. The molecular formula is C7H12FNO3. The Kier molecular flexibility index (Phi) is 2.99. The minimum Gasteiger partial charge on any atom is -0.480 e. The van der Waals surface area contributed by atoms with Gasteiger partial charge in [0.05, 0.1) is 12.6 Å². The van der Waals surface area contributed by atoms with Crippen LogP contribution in [0.4, 0.5) is 4.39 Å². The van der Waals surface area contributed by atoms with Gasteiger partial charge < -0.3 is 9.84 Å². The molecule has 1 rings (SSSR count). The van der Waals surface area contributed by atoms with E-state index in [0.717, 1.165) is 0 Å². The zero-order chi connectivity index (χ0) is 9.14. The number of aliphatic carboxylic acids is 1. The molecule has 5 heteroatoms. The van der Waals surface area contributed by atoms with Gasteiger partial charge in [0, 0.05) is 6.54 Å². The molecule has 1 heterocycles. The second kappa shape index (κ2) is 3.82. The minimum absolute atomic E-state index is 0.157. The van der Waals surface area contributed by atoms with Gasteiger partial charge in [-0.05, 0) is 7.05 Å². The number of carbonyl (C=O) groups is 1. The Balaban J connectivity index is 2.10. The van der Waals surface area contributed by atoms with Crippen molar-refractivity contribution in [3.8, 4) is 0 Å². The van der Waals surface area contributed by atoms with Crippen molar-refractivity contribution >= 4 is 5.97 Å². The molecule has 1 fully saturated rings. The topological polar surface area (TPSA) is 49.8 Å². The molecule has 0 radical (unpaired) electrons. The molecular weight excluding hydrogens is 165 g/mol. The summed E-state index contributed by atoms with van der Waals surface area (Å²) in [4.78, 5) is 11.8. The first-order valence-corrected chi connectivity index (χ1v) is 3.75. The molecule has 2 atom stereocenters. The standard InChI is InChI=1S/C7H12FNO3/c1-9-2-5(8)6(9)3-12-4-7(10)11/h5-6H,2-4H2,1H3,(H,10,11). The third kappa shape index (κ3) is 2.15. The van der Waals surface area contributed by atoms with Gasteiger partial charge in [-0.25, -0.2) is 9.18 Å². The van der Waals surface area contributed by atoms with E-state index in [0.29, 0.717) is 6.54 Å². The molecule has 0 aromatic rings. The van der Waals surface area contributed by atoms with Crippen LogP contribution < -0.4 is 0 Å². The number of carboxylic acid groups (broad SMARTS) is 1. The number of ether oxygens (including phenoxy) is 1. The minimum atomic E-state index is -1.02. The number of alkyl halides is 1. The van der Waals surface area contributed by atoms with Gasteiger partial charge in [0.25, 0.3) is 0 Å². The lowest BCUT2D eigenvalue weighted by molar-refractivity contribution is -0.144. The molecule has 0 amide bonds. The van der Waals surface area contributed by atoms with Gasteiger partial charge in [-0.15, -0.1) is 0 Å². The highest BCUT2D eigenvalue weighted by molar-refractivity contribution is 5.67. The van der Waals surface area contributed by atoms with E-state index < -0.39 is 12.1 Å². The number of nitrogens with zero attached hydrogens (tertiary/aromatic N) is 1. The Morgan fingerprint density at radius 2 is 2.50 bits per heavy atom. The summed E-state index contributed by atoms with van der Waals surface area (Å²) in [6, 6.07) is -0.260. The van der Waals surface area contributed by atoms with Gasteiger partial charge in [-0.3, -0.25) is 4.90 Å². The third-order valence-corrected chi connectivity index (χ3v) is 1.96. The van der Waals surface area contributed by atoms with E-state index in [2.05, 4.69) is 0 Å². The van der Waals surface area contributed by atoms with Crippen LogP contribution in [0.25, 0.3) is 0 Å². The average molecular weight is 177 g/mol. The predicted molar refractivity (Wildman–Crippen MR) is 39.8 cm³/mol. The SMILES string of the molecule is CN1CC(F)C1COCC(=O)O. The summed E-state index contributed by atoms with van der Waals surface area (Å²) < 4.78 is 17.4. The fourth-order valence-electron chi connectivity index (χ4n) is 1.17. The second-order valence-electron chi connectivity index (χ2n) is 2.93. The van der Waals surface area contributed by atoms with Gasteiger partial charge in [0.2, 0.25) is 0 Å². The molecule has 12 heavy (non-hydrogen) atoms. The van der Waals surface area contributed by atoms with E-state index in [1.165, 1.54) is 0 Å². The maximum absolute atomic E-state index is 12.7. The maximum Gasteiger partial charge on any atom is 0.329 e. The number of hydrogen-bond donors (Lipinski definition) is 1. The van der Waals surface area contributed by atoms with Crippen molar-refractivity contribution in [3.05, 3.63) is 0 Å². The Bertz CT molecular complexity index is 168. The summed E-state index contributed by atoms with van der Waals surface area (Å²) in [6.07, 6.45) is -0.871. The molecule has 0 aromatic heterocycles. The highest BCUT2D eigenvalue weighted by Gasteiger charge is 2.36. The van der Waals surface area contributed by atoms with Crippen LogP contribution in [-0.4, -0.2) is 55.0 Å². The third-order valence-electron chi connectivity index (χ3n) is 1.96. The lowest BCUT2D eigenvalue weighted by atomic mass is 10.0. The molecule has 0 saturated carbocycles. The summed E-state index contributed by atoms with van der Waals surface area (Å²) in [5.41, 5.74) is 0. The van der Waals surface area contributed by atoms with Crippen LogP contribution in [0.5, 0.6) is 0 Å². The highest BCUT2D eigenvalue weighted by Crippen LogP contribution is 2.18. The van der Waals surface area contributed by atoms with Crippen LogP contribution in [0.3, 0.4) is 0 Å². The van der Waals surface area contributed by atoms with E-state index >= 15 is 0 Å². The van der Waals surface area contributed by atoms with Crippen LogP contribution >= 0.6 is 0 Å². The van der Waals surface area contributed by atoms with Gasteiger partial charge in [0.1, 0.15) is 12.8 Å². The van der Waals surface area contributed by atoms with E-state index in [4.69, 9.17) is 9.84 Å². The maximum atomic E-state index is 12.7. The van der Waals surface area contributed by atoms with Crippen molar-refractivity contribution in [3.63, 3.8) is 0 Å². The zero-order valence-electron chi connectivity index (χ0n) is 6.86. The van der Waals surface area contributed by atoms with Crippen molar-refractivity contribution in [2.75, 3.05) is 26.8 Å². The molecule has 2 unspecified atom stereocenters. The number of likely N-dealkylation sites (N-methyl/N-ethyl adjacent to an activating group) is 1. The van der Waals surface area contributed by atoms with Gasteiger partial charge in [-0.1, -0.05) is 0 Å². The molecule has 1 aliphatic rings. The van der Waals surface area contributed by atoms with Gasteiger partial charge >= 0.3 is 5.97 Å². The van der Waals surface area contributed by atoms with Gasteiger partial charge in [0.15, 0.2) is 0 Å². The quantitative estimate of drug-likeness (QED) is 0.642. The lowest BCUT2D eigenvalue weighted by Gasteiger charge is -2.40. The molecule has 1 aliphatic heterocycles. The van der Waals surface area contributed by atoms with Crippen LogP contribution in [0.15, 0.2) is 0 Å². The summed E-state index contributed by atoms with van der Waals surface area (Å²) in [5, 5.41) is 8.22. The average Bonchev–Trinajstić information content (AvgIpc) is 1.98. The van der Waals surface area contributed by atoms with Gasteiger partial charge in [-0.2, -0.15) is 0 Å². The normalized spacial score (nSPS) is 29.8. The van der Waals surface area contributed by atoms with Crippen LogP contribution in [0.1, 0.15) is 0 Å². The van der Waals surface area contributed by atoms with Crippen molar-refractivity contribution in [2.45, 2.75) is 12.2 Å². The molecule has 0 aliphatic carbocycles. The Labute approximate surface area is 69.9 Å². The lowest BCUT2D eigenvalue weighted by Crippen LogP contribution is -2.58. The van der Waals surface area contributed by atoms with Crippen molar-refractivity contribution in [2.24, 2.45) is 0 Å². The van der Waals surface area contributed by atoms with Crippen LogP contribution in [0.2, 0.25) is 0 Å². The van der Waals surface area contributed by atoms with Crippen LogP contribution in [0, 0.1) is 0 Å². The molecule has 1 saturated heterocycles. The molecule has 0 aromatic carbocycles. The Morgan fingerprint density at radius 3 is 2.92 bits per heavy atom. The first-order valence-electron chi connectivity index (χ1n) is 3.75. The Hall–Kier alpha value is -0.680. The van der Waals surface area contributed by atoms with Crippen LogP contribution in [-0.2, 0) is 9.53 Å². The molecule has 0 spiro atoms. The number of carboxylic acids is 1. The second-order valence-corrected chi connectivity index (χ2v) is 2.93. The number of hydrogen-bond acceptors (Lipinski definition) is 3. The van der Waals surface area contributed by atoms with E-state index in [9.17, 15) is 9.18 Å². The number of rotatable bonds is 4. The Morgan fingerprint density at radius 1 is 1.83 bits per heavy atom. The number of likely N-dealkylation sites (tertiary alicyclic amines) is 1. The fraction of sp³-hybridized carbons (Fsp3) is 0.857. The van der Waals surface area contributed by atoms with Crippen molar-refractivity contribution in [1.82, 2.24) is 4.90 Å². The van der Waals surface area contributed by atoms with Crippen molar-refractivity contribution < 1.29 is 19.0 Å². The fourth-order valence-corrected chi connectivity index (χ4v) is 1.17. The summed E-state index contributed by atoms with van der Waals surface area (Å²) >= 11 is 0. The highest BCUT2D eigenvalue weighted by atomic mass is 19.1. The zero-order valence-corrected chi connectivity index (χ0v) is 6.86. The molecule has 0 bridgehead atoms. The van der Waals surface area contributed by atoms with E-state index in [1.54, 1.807) is 11.9 Å². The van der Waals surface area contributed by atoms with E-state index in [1.807, 2.05) is 0 Å². The first-order chi connectivity index (χ1) is 5.61. The monoisotopic (exact) mass is 177 g/mol. The molecule has 70 valence electrons. The summed E-state index contributed by atoms with van der Waals surface area (Å²) in [5.74, 6) is -1.02. The van der Waals surface area contributed by atoms with Crippen molar-refractivity contribution in [1.29, 1.82) is 0 Å². The summed E-state index contributed by atoms with van der Waals surface area (Å²) in [6.45, 7) is 0.224. The number of halogens is 1. The predicted octanol–water partition coefficient (Wildman–Crippen LogP) is -0.260. The largest absolute Gasteiger partial charge is 0.480 e. The first kappa shape index (κ1) is 9.41. The van der Waals surface area contributed by atoms with E-state index in [-0.39, 0.29) is 19.3 Å². The summed E-state index contributed by atoms with van der Waals surface area (Å²) in [7, 11) is 1.78. The molecule has 4 nitrogen and oxygen atoms in total. The smallest absolute Gasteiger partial charge is 0.329 e.